The van der Waals surface area contributed by atoms with Gasteiger partial charge in [0.05, 0.1) is 21.3 Å². The second kappa shape index (κ2) is 14.1. The standard InChI is InChI=1S/C52H36N2S2/c1-34(53-47-23-10-12-25-49(47)55)38-30-39(32-40(31-38)51-54-48-24-11-13-26-50(48)56-51)36-16-14-15-35(29-36)37-27-28-44-43-21-8-9-22-45(43)52(46(44)33-37,41-17-4-2-5-18-41)42-19-6-3-7-20-42/h2-33,55H,1H3. The van der Waals surface area contributed by atoms with E-state index in [1.54, 1.807) is 11.3 Å². The molecule has 0 atom stereocenters. The van der Waals surface area contributed by atoms with Gasteiger partial charge in [-0.3, -0.25) is 4.99 Å². The van der Waals surface area contributed by atoms with Gasteiger partial charge in [0, 0.05) is 16.2 Å². The molecule has 56 heavy (non-hydrogen) atoms. The Hall–Kier alpha value is -6.33. The normalized spacial score (nSPS) is 13.1. The van der Waals surface area contributed by atoms with Crippen molar-refractivity contribution in [1.29, 1.82) is 0 Å². The quantitative estimate of drug-likeness (QED) is 0.127. The van der Waals surface area contributed by atoms with Gasteiger partial charge in [0.2, 0.25) is 0 Å². The van der Waals surface area contributed by atoms with Crippen LogP contribution in [-0.2, 0) is 5.41 Å². The lowest BCUT2D eigenvalue weighted by Crippen LogP contribution is -2.28. The predicted molar refractivity (Wildman–Crippen MR) is 239 cm³/mol. The highest BCUT2D eigenvalue weighted by atomic mass is 32.1. The van der Waals surface area contributed by atoms with Crippen LogP contribution in [0.4, 0.5) is 5.69 Å². The van der Waals surface area contributed by atoms with Crippen LogP contribution in [0.5, 0.6) is 0 Å². The minimum absolute atomic E-state index is 0.453. The Kier molecular flexibility index (Phi) is 8.59. The van der Waals surface area contributed by atoms with Crippen molar-refractivity contribution >= 4 is 45.6 Å². The molecule has 1 heterocycles. The lowest BCUT2D eigenvalue weighted by atomic mass is 9.67. The number of aromatic nitrogens is 1. The fraction of sp³-hybridized carbons (Fsp3) is 0.0385. The first-order valence-corrected chi connectivity index (χ1v) is 20.1. The van der Waals surface area contributed by atoms with Gasteiger partial charge in [-0.15, -0.1) is 24.0 Å². The Labute approximate surface area is 337 Å². The van der Waals surface area contributed by atoms with E-state index in [-0.39, 0.29) is 0 Å². The molecule has 0 unspecified atom stereocenters. The van der Waals surface area contributed by atoms with E-state index in [9.17, 15) is 0 Å². The fourth-order valence-electron chi connectivity index (χ4n) is 8.43. The van der Waals surface area contributed by atoms with Gasteiger partial charge in [0.15, 0.2) is 0 Å². The molecule has 0 aliphatic heterocycles. The van der Waals surface area contributed by atoms with E-state index < -0.39 is 5.41 Å². The molecule has 2 nitrogen and oxygen atoms in total. The highest BCUT2D eigenvalue weighted by molar-refractivity contribution is 7.80. The number of hydrogen-bond donors (Lipinski definition) is 1. The van der Waals surface area contributed by atoms with Gasteiger partial charge in [-0.05, 0) is 123 Å². The van der Waals surface area contributed by atoms with Crippen molar-refractivity contribution in [1.82, 2.24) is 4.98 Å². The topological polar surface area (TPSA) is 25.2 Å². The zero-order valence-corrected chi connectivity index (χ0v) is 32.4. The number of para-hydroxylation sites is 2. The van der Waals surface area contributed by atoms with Crippen LogP contribution in [-0.4, -0.2) is 10.7 Å². The molecular weight excluding hydrogens is 717 g/mol. The molecule has 1 aliphatic carbocycles. The zero-order valence-electron chi connectivity index (χ0n) is 30.7. The van der Waals surface area contributed by atoms with Crippen LogP contribution < -0.4 is 0 Å². The van der Waals surface area contributed by atoms with Crippen LogP contribution in [0.15, 0.2) is 204 Å². The number of aliphatic imine (C=N–C) groups is 1. The summed E-state index contributed by atoms with van der Waals surface area (Å²) < 4.78 is 1.17. The minimum Gasteiger partial charge on any atom is -0.252 e. The number of thiol groups is 1. The molecule has 0 fully saturated rings. The van der Waals surface area contributed by atoms with Crippen molar-refractivity contribution in [2.75, 3.05) is 0 Å². The van der Waals surface area contributed by atoms with Gasteiger partial charge in [-0.2, -0.15) is 0 Å². The maximum Gasteiger partial charge on any atom is 0.124 e. The van der Waals surface area contributed by atoms with Crippen molar-refractivity contribution in [3.05, 3.63) is 222 Å². The highest BCUT2D eigenvalue weighted by Crippen LogP contribution is 2.56. The Morgan fingerprint density at radius 3 is 1.89 bits per heavy atom. The Morgan fingerprint density at radius 1 is 0.518 bits per heavy atom. The van der Waals surface area contributed by atoms with Crippen LogP contribution >= 0.6 is 24.0 Å². The number of nitrogens with zero attached hydrogens (tertiary/aromatic N) is 2. The van der Waals surface area contributed by atoms with E-state index in [0.717, 1.165) is 54.6 Å². The Bertz CT molecular complexity index is 2870. The van der Waals surface area contributed by atoms with Crippen LogP contribution in [0, 0.1) is 0 Å². The first-order chi connectivity index (χ1) is 27.6. The Balaban J connectivity index is 1.13. The van der Waals surface area contributed by atoms with Crippen molar-refractivity contribution in [2.45, 2.75) is 17.2 Å². The van der Waals surface area contributed by atoms with E-state index in [4.69, 9.17) is 22.6 Å². The molecule has 0 N–H and O–H groups in total. The summed E-state index contributed by atoms with van der Waals surface area (Å²) in [5, 5.41) is 0.990. The molecule has 0 radical (unpaired) electrons. The minimum atomic E-state index is -0.453. The van der Waals surface area contributed by atoms with E-state index >= 15 is 0 Å². The molecule has 0 amide bonds. The molecule has 4 heteroatoms. The molecule has 0 saturated carbocycles. The van der Waals surface area contributed by atoms with Gasteiger partial charge in [0.1, 0.15) is 5.01 Å². The number of fused-ring (bicyclic) bond motifs is 4. The summed E-state index contributed by atoms with van der Waals surface area (Å²) in [5.41, 5.74) is 16.7. The van der Waals surface area contributed by atoms with Crippen molar-refractivity contribution in [2.24, 2.45) is 4.99 Å². The summed E-state index contributed by atoms with van der Waals surface area (Å²) >= 11 is 6.41. The molecule has 266 valence electrons. The summed E-state index contributed by atoms with van der Waals surface area (Å²) in [6, 6.07) is 70.0. The van der Waals surface area contributed by atoms with Crippen LogP contribution in [0.1, 0.15) is 34.7 Å². The van der Waals surface area contributed by atoms with Gasteiger partial charge < -0.3 is 0 Å². The maximum atomic E-state index is 5.06. The van der Waals surface area contributed by atoms with Gasteiger partial charge in [0.25, 0.3) is 0 Å². The lowest BCUT2D eigenvalue weighted by molar-refractivity contribution is 0.769. The molecule has 10 rings (SSSR count). The first kappa shape index (κ1) is 34.2. The summed E-state index contributed by atoms with van der Waals surface area (Å²) in [4.78, 5) is 11.0. The zero-order chi connectivity index (χ0) is 37.6. The fourth-order valence-corrected chi connectivity index (χ4v) is 9.59. The second-order valence-corrected chi connectivity index (χ2v) is 15.9. The number of hydrogen-bond acceptors (Lipinski definition) is 4. The number of benzene rings is 8. The molecule has 0 spiro atoms. The summed E-state index contributed by atoms with van der Waals surface area (Å²) in [6.45, 7) is 2.08. The van der Waals surface area contributed by atoms with E-state index in [1.807, 2.05) is 30.3 Å². The third kappa shape index (κ3) is 5.81. The van der Waals surface area contributed by atoms with Crippen molar-refractivity contribution in [3.63, 3.8) is 0 Å². The number of thiazole rings is 1. The highest BCUT2D eigenvalue weighted by Gasteiger charge is 2.46. The van der Waals surface area contributed by atoms with Crippen molar-refractivity contribution in [3.8, 4) is 44.0 Å². The average molecular weight is 753 g/mol. The third-order valence-corrected chi connectivity index (χ3v) is 12.5. The molecule has 0 bridgehead atoms. The van der Waals surface area contributed by atoms with Crippen molar-refractivity contribution < 1.29 is 0 Å². The Morgan fingerprint density at radius 2 is 1.12 bits per heavy atom. The van der Waals surface area contributed by atoms with Crippen LogP contribution in [0.25, 0.3) is 54.2 Å². The largest absolute Gasteiger partial charge is 0.252 e. The monoisotopic (exact) mass is 752 g/mol. The molecule has 1 aromatic heterocycles. The van der Waals surface area contributed by atoms with Gasteiger partial charge in [-0.1, -0.05) is 140 Å². The van der Waals surface area contributed by atoms with Gasteiger partial charge >= 0.3 is 0 Å². The summed E-state index contributed by atoms with van der Waals surface area (Å²) in [7, 11) is 0. The average Bonchev–Trinajstić information content (AvgIpc) is 3.83. The van der Waals surface area contributed by atoms with Crippen LogP contribution in [0.2, 0.25) is 0 Å². The smallest absolute Gasteiger partial charge is 0.124 e. The van der Waals surface area contributed by atoms with E-state index in [1.165, 1.54) is 43.6 Å². The first-order valence-electron chi connectivity index (χ1n) is 18.9. The maximum absolute atomic E-state index is 5.06. The molecule has 9 aromatic rings. The summed E-state index contributed by atoms with van der Waals surface area (Å²) in [5.74, 6) is 0. The molecular formula is C52H36N2S2. The lowest BCUT2D eigenvalue weighted by Gasteiger charge is -2.34. The SMILES string of the molecule is CC(=Nc1ccccc1S)c1cc(-c2cccc(-c3ccc4c(c3)C(c3ccccc3)(c3ccccc3)c3ccccc3-4)c2)cc(-c2nc3ccccc3s2)c1. The summed E-state index contributed by atoms with van der Waals surface area (Å²) in [6.07, 6.45) is 0. The van der Waals surface area contributed by atoms with Crippen LogP contribution in [0.3, 0.4) is 0 Å². The molecule has 0 saturated heterocycles. The van der Waals surface area contributed by atoms with E-state index in [2.05, 4.69) is 171 Å². The van der Waals surface area contributed by atoms with E-state index in [0.29, 0.717) is 0 Å². The van der Waals surface area contributed by atoms with Gasteiger partial charge in [-0.25, -0.2) is 4.98 Å². The molecule has 1 aliphatic rings. The third-order valence-electron chi connectivity index (χ3n) is 11.0. The predicted octanol–water partition coefficient (Wildman–Crippen LogP) is 14.1. The molecule has 8 aromatic carbocycles. The number of rotatable bonds is 7. The second-order valence-electron chi connectivity index (χ2n) is 14.3.